The van der Waals surface area contributed by atoms with Crippen molar-refractivity contribution in [1.82, 2.24) is 0 Å². The van der Waals surface area contributed by atoms with Crippen molar-refractivity contribution in [2.75, 3.05) is 14.2 Å². The van der Waals surface area contributed by atoms with Crippen LogP contribution in [0.5, 0.6) is 11.5 Å². The molecular formula is C21H20O4. The molecule has 4 rings (SSSR count). The molecule has 0 amide bonds. The SMILES string of the molecule is COc1cccc2c1[C@H](c1ccc3cc(C)cc(O)c3c1)O[C@@H]2OC. The summed E-state index contributed by atoms with van der Waals surface area (Å²) in [4.78, 5) is 0. The second-order valence-corrected chi connectivity index (χ2v) is 6.31. The maximum atomic E-state index is 10.3. The predicted octanol–water partition coefficient (Wildman–Crippen LogP) is 4.63. The van der Waals surface area contributed by atoms with E-state index >= 15 is 0 Å². The summed E-state index contributed by atoms with van der Waals surface area (Å²) >= 11 is 0. The van der Waals surface area contributed by atoms with Gasteiger partial charge in [-0.3, -0.25) is 0 Å². The van der Waals surface area contributed by atoms with Gasteiger partial charge in [-0.15, -0.1) is 0 Å². The number of aromatic hydroxyl groups is 1. The second kappa shape index (κ2) is 6.06. The van der Waals surface area contributed by atoms with Gasteiger partial charge in [0.15, 0.2) is 6.29 Å². The molecule has 0 fully saturated rings. The van der Waals surface area contributed by atoms with E-state index in [9.17, 15) is 5.11 Å². The number of hydrogen-bond acceptors (Lipinski definition) is 4. The fourth-order valence-corrected chi connectivity index (χ4v) is 3.58. The zero-order chi connectivity index (χ0) is 17.6. The van der Waals surface area contributed by atoms with Gasteiger partial charge < -0.3 is 19.3 Å². The Balaban J connectivity index is 1.88. The molecule has 1 heterocycles. The van der Waals surface area contributed by atoms with Crippen LogP contribution in [0, 0.1) is 6.92 Å². The average molecular weight is 336 g/mol. The summed E-state index contributed by atoms with van der Waals surface area (Å²) in [6.45, 7) is 1.97. The van der Waals surface area contributed by atoms with Crippen LogP contribution in [0.4, 0.5) is 0 Å². The van der Waals surface area contributed by atoms with Crippen molar-refractivity contribution >= 4 is 10.8 Å². The Kier molecular flexibility index (Phi) is 3.86. The molecule has 1 aliphatic heterocycles. The van der Waals surface area contributed by atoms with Crippen LogP contribution in [0.3, 0.4) is 0 Å². The Morgan fingerprint density at radius 1 is 1.04 bits per heavy atom. The summed E-state index contributed by atoms with van der Waals surface area (Å²) in [5.41, 5.74) is 3.93. The highest BCUT2D eigenvalue weighted by atomic mass is 16.7. The molecular weight excluding hydrogens is 316 g/mol. The summed E-state index contributed by atoms with van der Waals surface area (Å²) in [6.07, 6.45) is -0.737. The average Bonchev–Trinajstić information content (AvgIpc) is 3.00. The smallest absolute Gasteiger partial charge is 0.185 e. The summed E-state index contributed by atoms with van der Waals surface area (Å²) in [5.74, 6) is 1.05. The van der Waals surface area contributed by atoms with Gasteiger partial charge in [0.25, 0.3) is 0 Å². The van der Waals surface area contributed by atoms with E-state index in [0.717, 1.165) is 38.8 Å². The van der Waals surface area contributed by atoms with E-state index in [4.69, 9.17) is 14.2 Å². The van der Waals surface area contributed by atoms with E-state index in [-0.39, 0.29) is 11.9 Å². The highest BCUT2D eigenvalue weighted by Gasteiger charge is 2.35. The second-order valence-electron chi connectivity index (χ2n) is 6.31. The summed E-state index contributed by atoms with van der Waals surface area (Å²) in [5, 5.41) is 12.1. The zero-order valence-corrected chi connectivity index (χ0v) is 14.4. The van der Waals surface area contributed by atoms with Gasteiger partial charge in [0.1, 0.15) is 17.6 Å². The van der Waals surface area contributed by atoms with Gasteiger partial charge in [0.05, 0.1) is 7.11 Å². The number of aryl methyl sites for hydroxylation is 1. The summed E-state index contributed by atoms with van der Waals surface area (Å²) < 4.78 is 17.2. The summed E-state index contributed by atoms with van der Waals surface area (Å²) in [6, 6.07) is 15.7. The van der Waals surface area contributed by atoms with E-state index in [2.05, 4.69) is 6.07 Å². The quantitative estimate of drug-likeness (QED) is 0.758. The fraction of sp³-hybridized carbons (Fsp3) is 0.238. The van der Waals surface area contributed by atoms with E-state index in [1.807, 2.05) is 43.3 Å². The number of benzene rings is 3. The number of hydrogen-bond donors (Lipinski definition) is 1. The molecule has 0 spiro atoms. The minimum absolute atomic E-state index is 0.276. The fourth-order valence-electron chi connectivity index (χ4n) is 3.58. The lowest BCUT2D eigenvalue weighted by atomic mass is 9.95. The van der Waals surface area contributed by atoms with Crippen LogP contribution in [0.25, 0.3) is 10.8 Å². The van der Waals surface area contributed by atoms with Crippen molar-refractivity contribution in [2.24, 2.45) is 0 Å². The number of fused-ring (bicyclic) bond motifs is 2. The van der Waals surface area contributed by atoms with E-state index in [1.54, 1.807) is 20.3 Å². The van der Waals surface area contributed by atoms with Crippen LogP contribution in [-0.2, 0) is 9.47 Å². The largest absolute Gasteiger partial charge is 0.507 e. The molecule has 4 nitrogen and oxygen atoms in total. The molecule has 128 valence electrons. The first-order chi connectivity index (χ1) is 12.1. The van der Waals surface area contributed by atoms with Crippen LogP contribution in [-0.4, -0.2) is 19.3 Å². The monoisotopic (exact) mass is 336 g/mol. The molecule has 0 unspecified atom stereocenters. The van der Waals surface area contributed by atoms with Crippen LogP contribution in [0.2, 0.25) is 0 Å². The van der Waals surface area contributed by atoms with Crippen LogP contribution < -0.4 is 4.74 Å². The third-order valence-electron chi connectivity index (χ3n) is 4.71. The van der Waals surface area contributed by atoms with E-state index in [1.165, 1.54) is 0 Å². The molecule has 0 aliphatic carbocycles. The molecule has 1 N–H and O–H groups in total. The van der Waals surface area contributed by atoms with Gasteiger partial charge in [-0.2, -0.15) is 0 Å². The van der Waals surface area contributed by atoms with Gasteiger partial charge in [-0.25, -0.2) is 0 Å². The van der Waals surface area contributed by atoms with Gasteiger partial charge >= 0.3 is 0 Å². The van der Waals surface area contributed by atoms with Gasteiger partial charge in [-0.05, 0) is 41.6 Å². The van der Waals surface area contributed by atoms with Crippen molar-refractivity contribution in [3.8, 4) is 11.5 Å². The van der Waals surface area contributed by atoms with Crippen molar-refractivity contribution in [2.45, 2.75) is 19.3 Å². The minimum atomic E-state index is -0.433. The molecule has 1 aliphatic rings. The van der Waals surface area contributed by atoms with Gasteiger partial charge in [-0.1, -0.05) is 30.3 Å². The van der Waals surface area contributed by atoms with Gasteiger partial charge in [0.2, 0.25) is 0 Å². The number of methoxy groups -OCH3 is 2. The van der Waals surface area contributed by atoms with E-state index < -0.39 is 6.29 Å². The van der Waals surface area contributed by atoms with Crippen molar-refractivity contribution in [1.29, 1.82) is 0 Å². The first-order valence-corrected chi connectivity index (χ1v) is 8.20. The molecule has 25 heavy (non-hydrogen) atoms. The molecule has 0 saturated carbocycles. The van der Waals surface area contributed by atoms with Crippen molar-refractivity contribution < 1.29 is 19.3 Å². The normalized spacial score (nSPS) is 19.2. The molecule has 0 saturated heterocycles. The molecule has 0 aromatic heterocycles. The molecule has 4 heteroatoms. The minimum Gasteiger partial charge on any atom is -0.507 e. The van der Waals surface area contributed by atoms with Crippen molar-refractivity contribution in [3.05, 3.63) is 70.8 Å². The zero-order valence-electron chi connectivity index (χ0n) is 14.4. The first-order valence-electron chi connectivity index (χ1n) is 8.20. The summed E-state index contributed by atoms with van der Waals surface area (Å²) in [7, 11) is 3.28. The lowest BCUT2D eigenvalue weighted by Crippen LogP contribution is -2.02. The van der Waals surface area contributed by atoms with Crippen LogP contribution in [0.15, 0.2) is 48.5 Å². The Hall–Kier alpha value is -2.56. The van der Waals surface area contributed by atoms with Gasteiger partial charge in [0, 0.05) is 23.6 Å². The maximum absolute atomic E-state index is 10.3. The standard InChI is InChI=1S/C21H20O4/c1-12-9-13-7-8-14(11-16(13)17(22)10-12)20-19-15(21(24-3)25-20)5-4-6-18(19)23-2/h4-11,20-22H,1-3H3/t20-,21-/m0/s1. The van der Waals surface area contributed by atoms with E-state index in [0.29, 0.717) is 0 Å². The highest BCUT2D eigenvalue weighted by molar-refractivity contribution is 5.89. The molecule has 0 radical (unpaired) electrons. The number of rotatable bonds is 3. The van der Waals surface area contributed by atoms with Crippen LogP contribution in [0.1, 0.15) is 34.6 Å². The Bertz CT molecular complexity index is 948. The topological polar surface area (TPSA) is 47.9 Å². The molecule has 2 atom stereocenters. The Morgan fingerprint density at radius 2 is 1.88 bits per heavy atom. The highest BCUT2D eigenvalue weighted by Crippen LogP contribution is 2.47. The third kappa shape index (κ3) is 2.54. The molecule has 0 bridgehead atoms. The third-order valence-corrected chi connectivity index (χ3v) is 4.71. The molecule has 3 aromatic carbocycles. The number of phenolic OH excluding ortho intramolecular Hbond substituents is 1. The predicted molar refractivity (Wildman–Crippen MR) is 96.0 cm³/mol. The first kappa shape index (κ1) is 15.9. The number of phenols is 1. The Labute approximate surface area is 146 Å². The van der Waals surface area contributed by atoms with Crippen LogP contribution >= 0.6 is 0 Å². The Morgan fingerprint density at radius 3 is 2.64 bits per heavy atom. The molecule has 3 aromatic rings. The maximum Gasteiger partial charge on any atom is 0.185 e. The lowest BCUT2D eigenvalue weighted by Gasteiger charge is -2.16. The number of ether oxygens (including phenoxy) is 3. The van der Waals surface area contributed by atoms with Crippen molar-refractivity contribution in [3.63, 3.8) is 0 Å². The lowest BCUT2D eigenvalue weighted by molar-refractivity contribution is -0.132.